The maximum Gasteiger partial charge on any atom is 0.193 e. The van der Waals surface area contributed by atoms with Gasteiger partial charge in [0.25, 0.3) is 0 Å². The standard InChI is InChI=1S/C34H32O5/c1-21-5-10-24(17-28(21)31-19-37-31)34(2,3)25-11-16-30(29(18-25)32-20-38-32)39-27-14-8-23(9-15-27)33(35)22-6-12-26(36-4)13-7-22/h5-18,31-32H,19-20H2,1-4H3. The third-order valence-corrected chi connectivity index (χ3v) is 7.79. The second-order valence-corrected chi connectivity index (χ2v) is 10.8. The van der Waals surface area contributed by atoms with E-state index in [4.69, 9.17) is 18.9 Å². The normalized spacial score (nSPS) is 17.9. The smallest absolute Gasteiger partial charge is 0.193 e. The molecule has 0 bridgehead atoms. The molecule has 0 amide bonds. The highest BCUT2D eigenvalue weighted by atomic mass is 16.6. The molecule has 0 N–H and O–H groups in total. The van der Waals surface area contributed by atoms with Crippen LogP contribution < -0.4 is 9.47 Å². The molecule has 0 aliphatic carbocycles. The van der Waals surface area contributed by atoms with Crippen LogP contribution in [-0.2, 0) is 14.9 Å². The van der Waals surface area contributed by atoms with E-state index in [2.05, 4.69) is 51.1 Å². The van der Waals surface area contributed by atoms with Crippen molar-refractivity contribution in [3.8, 4) is 17.2 Å². The van der Waals surface area contributed by atoms with Crippen molar-refractivity contribution in [1.82, 2.24) is 0 Å². The largest absolute Gasteiger partial charge is 0.497 e. The molecular weight excluding hydrogens is 488 g/mol. The van der Waals surface area contributed by atoms with Crippen molar-refractivity contribution in [1.29, 1.82) is 0 Å². The van der Waals surface area contributed by atoms with Gasteiger partial charge in [-0.3, -0.25) is 4.79 Å². The molecule has 5 nitrogen and oxygen atoms in total. The summed E-state index contributed by atoms with van der Waals surface area (Å²) in [5.74, 6) is 2.11. The second-order valence-electron chi connectivity index (χ2n) is 10.8. The lowest BCUT2D eigenvalue weighted by Crippen LogP contribution is -2.19. The molecule has 2 heterocycles. The average molecular weight is 521 g/mol. The molecule has 0 radical (unpaired) electrons. The van der Waals surface area contributed by atoms with Crippen molar-refractivity contribution in [2.24, 2.45) is 0 Å². The van der Waals surface area contributed by atoms with E-state index in [1.807, 2.05) is 18.2 Å². The molecule has 2 aliphatic heterocycles. The van der Waals surface area contributed by atoms with Gasteiger partial charge in [-0.1, -0.05) is 38.1 Å². The van der Waals surface area contributed by atoms with Gasteiger partial charge in [-0.05, 0) is 89.8 Å². The number of hydrogen-bond acceptors (Lipinski definition) is 5. The molecule has 4 aromatic carbocycles. The Labute approximate surface area is 229 Å². The number of ketones is 1. The summed E-state index contributed by atoms with van der Waals surface area (Å²) >= 11 is 0. The Hall–Kier alpha value is -3.93. The third-order valence-electron chi connectivity index (χ3n) is 7.79. The number of benzene rings is 4. The minimum Gasteiger partial charge on any atom is -0.497 e. The van der Waals surface area contributed by atoms with E-state index in [1.54, 1.807) is 43.5 Å². The van der Waals surface area contributed by atoms with E-state index in [-0.39, 0.29) is 23.4 Å². The zero-order valence-electron chi connectivity index (χ0n) is 22.7. The topological polar surface area (TPSA) is 60.6 Å². The average Bonchev–Trinajstić information content (AvgIpc) is 3.88. The van der Waals surface area contributed by atoms with Crippen LogP contribution in [0.3, 0.4) is 0 Å². The van der Waals surface area contributed by atoms with Crippen LogP contribution >= 0.6 is 0 Å². The molecule has 4 aromatic rings. The van der Waals surface area contributed by atoms with E-state index in [9.17, 15) is 4.79 Å². The predicted molar refractivity (Wildman–Crippen MR) is 150 cm³/mol. The summed E-state index contributed by atoms with van der Waals surface area (Å²) in [7, 11) is 1.61. The SMILES string of the molecule is COc1ccc(C(=O)c2ccc(Oc3ccc(C(C)(C)c4ccc(C)c(C5CO5)c4)cc3C3CO3)cc2)cc1. The fourth-order valence-electron chi connectivity index (χ4n) is 4.99. The van der Waals surface area contributed by atoms with Crippen LogP contribution in [0, 0.1) is 6.92 Å². The number of hydrogen-bond donors (Lipinski definition) is 0. The Morgan fingerprint density at radius 2 is 1.26 bits per heavy atom. The lowest BCUT2D eigenvalue weighted by Gasteiger charge is -2.28. The van der Waals surface area contributed by atoms with E-state index in [1.165, 1.54) is 22.3 Å². The molecule has 2 aliphatic rings. The van der Waals surface area contributed by atoms with Gasteiger partial charge in [0.15, 0.2) is 5.78 Å². The van der Waals surface area contributed by atoms with Gasteiger partial charge in [-0.2, -0.15) is 0 Å². The lowest BCUT2D eigenvalue weighted by atomic mass is 9.76. The van der Waals surface area contributed by atoms with Crippen LogP contribution in [0.5, 0.6) is 17.2 Å². The minimum absolute atomic E-state index is 0.0279. The zero-order valence-corrected chi connectivity index (χ0v) is 22.7. The van der Waals surface area contributed by atoms with Gasteiger partial charge in [-0.15, -0.1) is 0 Å². The number of epoxide rings is 2. The van der Waals surface area contributed by atoms with E-state index in [0.29, 0.717) is 23.5 Å². The van der Waals surface area contributed by atoms with Crippen LogP contribution in [0.15, 0.2) is 84.9 Å². The van der Waals surface area contributed by atoms with Crippen molar-refractivity contribution in [3.05, 3.63) is 124 Å². The fraction of sp³-hybridized carbons (Fsp3) is 0.265. The number of carbonyl (C=O) groups is 1. The quantitative estimate of drug-likeness (QED) is 0.169. The molecule has 2 unspecified atom stereocenters. The molecule has 39 heavy (non-hydrogen) atoms. The highest BCUT2D eigenvalue weighted by molar-refractivity contribution is 6.09. The number of carbonyl (C=O) groups excluding carboxylic acids is 1. The molecular formula is C34H32O5. The third kappa shape index (κ3) is 5.20. The number of aryl methyl sites for hydroxylation is 1. The first-order valence-electron chi connectivity index (χ1n) is 13.3. The summed E-state index contributed by atoms with van der Waals surface area (Å²) in [6.07, 6.45) is 0.255. The molecule has 2 saturated heterocycles. The van der Waals surface area contributed by atoms with Gasteiger partial charge in [-0.25, -0.2) is 0 Å². The number of methoxy groups -OCH3 is 1. The van der Waals surface area contributed by atoms with Crippen molar-refractivity contribution in [3.63, 3.8) is 0 Å². The maximum absolute atomic E-state index is 12.9. The molecule has 2 atom stereocenters. The molecule has 0 aromatic heterocycles. The maximum atomic E-state index is 12.9. The molecule has 2 fully saturated rings. The van der Waals surface area contributed by atoms with Gasteiger partial charge in [0.05, 0.1) is 20.3 Å². The number of rotatable bonds is 9. The van der Waals surface area contributed by atoms with Gasteiger partial charge in [0.1, 0.15) is 29.5 Å². The minimum atomic E-state index is -0.205. The summed E-state index contributed by atoms with van der Waals surface area (Å²) in [5, 5.41) is 0. The van der Waals surface area contributed by atoms with Crippen molar-refractivity contribution in [2.75, 3.05) is 20.3 Å². The van der Waals surface area contributed by atoms with Gasteiger partial charge in [0.2, 0.25) is 0 Å². The van der Waals surface area contributed by atoms with Crippen molar-refractivity contribution in [2.45, 2.75) is 38.4 Å². The van der Waals surface area contributed by atoms with E-state index < -0.39 is 0 Å². The predicted octanol–water partition coefficient (Wildman–Crippen LogP) is 7.50. The Morgan fingerprint density at radius 1 is 0.744 bits per heavy atom. The lowest BCUT2D eigenvalue weighted by molar-refractivity contribution is 0.103. The summed E-state index contributed by atoms with van der Waals surface area (Å²) < 4.78 is 22.8. The zero-order chi connectivity index (χ0) is 27.1. The first kappa shape index (κ1) is 25.4. The molecule has 198 valence electrons. The van der Waals surface area contributed by atoms with Crippen LogP contribution in [0.4, 0.5) is 0 Å². The van der Waals surface area contributed by atoms with Crippen molar-refractivity contribution < 1.29 is 23.7 Å². The van der Waals surface area contributed by atoms with Crippen LogP contribution in [-0.4, -0.2) is 26.1 Å². The molecule has 6 rings (SSSR count). The highest BCUT2D eigenvalue weighted by Crippen LogP contribution is 2.43. The summed E-state index contributed by atoms with van der Waals surface area (Å²) in [6, 6.07) is 27.5. The molecule has 5 heteroatoms. The second kappa shape index (κ2) is 9.99. The first-order chi connectivity index (χ1) is 18.8. The van der Waals surface area contributed by atoms with E-state index >= 15 is 0 Å². The number of ether oxygens (including phenoxy) is 4. The van der Waals surface area contributed by atoms with Crippen molar-refractivity contribution >= 4 is 5.78 Å². The van der Waals surface area contributed by atoms with Crippen LogP contribution in [0.25, 0.3) is 0 Å². The Morgan fingerprint density at radius 3 is 1.82 bits per heavy atom. The molecule has 0 spiro atoms. The summed E-state index contributed by atoms with van der Waals surface area (Å²) in [5.41, 5.74) is 7.05. The van der Waals surface area contributed by atoms with Crippen LogP contribution in [0.1, 0.15) is 69.8 Å². The van der Waals surface area contributed by atoms with Gasteiger partial charge >= 0.3 is 0 Å². The summed E-state index contributed by atoms with van der Waals surface area (Å²) in [6.45, 7) is 8.13. The Balaban J connectivity index is 1.23. The Kier molecular flexibility index (Phi) is 6.49. The molecule has 0 saturated carbocycles. The van der Waals surface area contributed by atoms with E-state index in [0.717, 1.165) is 23.7 Å². The Bertz CT molecular complexity index is 1510. The fourth-order valence-corrected chi connectivity index (χ4v) is 4.99. The monoisotopic (exact) mass is 520 g/mol. The van der Waals surface area contributed by atoms with Gasteiger partial charge in [0, 0.05) is 22.1 Å². The van der Waals surface area contributed by atoms with Crippen LogP contribution in [0.2, 0.25) is 0 Å². The first-order valence-corrected chi connectivity index (χ1v) is 13.3. The van der Waals surface area contributed by atoms with Gasteiger partial charge < -0.3 is 18.9 Å². The highest BCUT2D eigenvalue weighted by Gasteiger charge is 2.33. The summed E-state index contributed by atoms with van der Waals surface area (Å²) in [4.78, 5) is 12.9.